The van der Waals surface area contributed by atoms with Crippen molar-refractivity contribution in [2.45, 2.75) is 17.9 Å². The number of carboxylic acids is 1. The fourth-order valence-corrected chi connectivity index (χ4v) is 2.37. The Morgan fingerprint density at radius 3 is 2.35 bits per heavy atom. The number of carbonyl (C=O) groups is 1. The van der Waals surface area contributed by atoms with Crippen LogP contribution >= 0.6 is 0 Å². The summed E-state index contributed by atoms with van der Waals surface area (Å²) in [6.07, 6.45) is 0. The van der Waals surface area contributed by atoms with E-state index in [0.29, 0.717) is 0 Å². The first kappa shape index (κ1) is 13.6. The van der Waals surface area contributed by atoms with E-state index in [1.807, 2.05) is 11.6 Å². The van der Waals surface area contributed by atoms with Crippen molar-refractivity contribution in [3.63, 3.8) is 0 Å². The molecule has 0 aliphatic heterocycles. The van der Waals surface area contributed by atoms with Crippen LogP contribution in [0.4, 0.5) is 0 Å². The van der Waals surface area contributed by atoms with Gasteiger partial charge >= 0.3 is 5.97 Å². The summed E-state index contributed by atoms with van der Waals surface area (Å²) in [6.45, 7) is 1.52. The molecule has 1 aromatic rings. The average molecular weight is 258 g/mol. The van der Waals surface area contributed by atoms with E-state index >= 15 is 0 Å². The second-order valence-corrected chi connectivity index (χ2v) is 5.27. The summed E-state index contributed by atoms with van der Waals surface area (Å²) in [5.74, 6) is -1.30. The van der Waals surface area contributed by atoms with E-state index in [0.717, 1.165) is 5.56 Å². The number of nitrogens with two attached hydrogens (primary N) is 1. The van der Waals surface area contributed by atoms with Crippen LogP contribution < -0.4 is 10.5 Å². The molecule has 6 nitrogen and oxygen atoms in total. The SMILES string of the molecule is Cc1ccc(S(=O)(=O)NC(CN)C(=O)O)cc1. The van der Waals surface area contributed by atoms with Crippen LogP contribution in [-0.4, -0.2) is 32.1 Å². The molecule has 0 amide bonds. The lowest BCUT2D eigenvalue weighted by Gasteiger charge is -2.12. The molecule has 0 bridgehead atoms. The van der Waals surface area contributed by atoms with Gasteiger partial charge in [-0.25, -0.2) is 8.42 Å². The summed E-state index contributed by atoms with van der Waals surface area (Å²) < 4.78 is 25.6. The third-order valence-electron chi connectivity index (χ3n) is 2.16. The minimum atomic E-state index is -3.84. The predicted octanol–water partition coefficient (Wildman–Crippen LogP) is -0.315. The van der Waals surface area contributed by atoms with Gasteiger partial charge in [-0.05, 0) is 19.1 Å². The molecule has 1 rings (SSSR count). The first-order chi connectivity index (χ1) is 7.86. The first-order valence-electron chi connectivity index (χ1n) is 4.88. The fraction of sp³-hybridized carbons (Fsp3) is 0.300. The van der Waals surface area contributed by atoms with Crippen molar-refractivity contribution in [2.24, 2.45) is 5.73 Å². The van der Waals surface area contributed by atoms with Crippen LogP contribution in [-0.2, 0) is 14.8 Å². The highest BCUT2D eigenvalue weighted by atomic mass is 32.2. The molecule has 0 fully saturated rings. The molecule has 17 heavy (non-hydrogen) atoms. The van der Waals surface area contributed by atoms with Crippen LogP contribution in [0.1, 0.15) is 5.56 Å². The smallest absolute Gasteiger partial charge is 0.323 e. The molecule has 0 radical (unpaired) electrons. The molecule has 0 saturated heterocycles. The Morgan fingerprint density at radius 1 is 1.41 bits per heavy atom. The molecule has 0 aromatic heterocycles. The molecule has 1 atom stereocenters. The van der Waals surface area contributed by atoms with E-state index in [-0.39, 0.29) is 11.4 Å². The van der Waals surface area contributed by atoms with Gasteiger partial charge in [0.25, 0.3) is 0 Å². The molecule has 1 aromatic carbocycles. The average Bonchev–Trinajstić information content (AvgIpc) is 2.26. The number of hydrogen-bond donors (Lipinski definition) is 3. The lowest BCUT2D eigenvalue weighted by Crippen LogP contribution is -2.45. The van der Waals surface area contributed by atoms with Gasteiger partial charge in [0.1, 0.15) is 6.04 Å². The van der Waals surface area contributed by atoms with Crippen molar-refractivity contribution in [2.75, 3.05) is 6.54 Å². The van der Waals surface area contributed by atoms with Crippen LogP contribution in [0.3, 0.4) is 0 Å². The number of nitrogens with one attached hydrogen (secondary N) is 1. The molecule has 1 unspecified atom stereocenters. The number of aryl methyl sites for hydroxylation is 1. The number of aliphatic carboxylic acids is 1. The Bertz CT molecular complexity index is 496. The summed E-state index contributed by atoms with van der Waals surface area (Å²) in [5.41, 5.74) is 6.09. The van der Waals surface area contributed by atoms with Gasteiger partial charge in [0.05, 0.1) is 4.90 Å². The number of benzene rings is 1. The molecule has 0 saturated carbocycles. The fourth-order valence-electron chi connectivity index (χ4n) is 1.17. The van der Waals surface area contributed by atoms with E-state index in [2.05, 4.69) is 0 Å². The standard InChI is InChI=1S/C10H14N2O4S/c1-7-2-4-8(5-3-7)17(15,16)12-9(6-11)10(13)14/h2-5,9,12H,6,11H2,1H3,(H,13,14). The van der Waals surface area contributed by atoms with Crippen LogP contribution in [0.2, 0.25) is 0 Å². The normalized spacial score (nSPS) is 13.3. The van der Waals surface area contributed by atoms with Gasteiger partial charge in [-0.3, -0.25) is 4.79 Å². The van der Waals surface area contributed by atoms with Gasteiger partial charge < -0.3 is 10.8 Å². The molecule has 0 spiro atoms. The summed E-state index contributed by atoms with van der Waals surface area (Å²) in [7, 11) is -3.84. The van der Waals surface area contributed by atoms with Crippen molar-refractivity contribution in [3.8, 4) is 0 Å². The molecule has 4 N–H and O–H groups in total. The monoisotopic (exact) mass is 258 g/mol. The minimum Gasteiger partial charge on any atom is -0.480 e. The predicted molar refractivity (Wildman–Crippen MR) is 62.0 cm³/mol. The zero-order valence-electron chi connectivity index (χ0n) is 9.25. The third kappa shape index (κ3) is 3.52. The van der Waals surface area contributed by atoms with E-state index in [9.17, 15) is 13.2 Å². The molecule has 0 heterocycles. The highest BCUT2D eigenvalue weighted by molar-refractivity contribution is 7.89. The number of sulfonamides is 1. The second-order valence-electron chi connectivity index (χ2n) is 3.56. The lowest BCUT2D eigenvalue weighted by atomic mass is 10.2. The number of carboxylic acid groups (broad SMARTS) is 1. The Balaban J connectivity index is 2.96. The van der Waals surface area contributed by atoms with Gasteiger partial charge in [0, 0.05) is 6.54 Å². The van der Waals surface area contributed by atoms with Crippen molar-refractivity contribution >= 4 is 16.0 Å². The lowest BCUT2D eigenvalue weighted by molar-refractivity contribution is -0.138. The molecular formula is C10H14N2O4S. The largest absolute Gasteiger partial charge is 0.480 e. The second kappa shape index (κ2) is 5.26. The first-order valence-corrected chi connectivity index (χ1v) is 6.37. The van der Waals surface area contributed by atoms with E-state index in [4.69, 9.17) is 10.8 Å². The maximum absolute atomic E-state index is 11.8. The minimum absolute atomic E-state index is 0.0165. The molecule has 0 aliphatic carbocycles. The van der Waals surface area contributed by atoms with E-state index in [1.165, 1.54) is 12.1 Å². The molecule has 0 aliphatic rings. The topological polar surface area (TPSA) is 109 Å². The van der Waals surface area contributed by atoms with Crippen molar-refractivity contribution in [3.05, 3.63) is 29.8 Å². The maximum atomic E-state index is 11.8. The molecular weight excluding hydrogens is 244 g/mol. The summed E-state index contributed by atoms with van der Waals surface area (Å²) in [5, 5.41) is 8.72. The Hall–Kier alpha value is -1.44. The Labute approximate surface area is 99.5 Å². The van der Waals surface area contributed by atoms with Crippen molar-refractivity contribution in [1.29, 1.82) is 0 Å². The quantitative estimate of drug-likeness (QED) is 0.671. The zero-order chi connectivity index (χ0) is 13.1. The van der Waals surface area contributed by atoms with Crippen LogP contribution in [0, 0.1) is 6.92 Å². The van der Waals surface area contributed by atoms with Gasteiger partial charge in [-0.15, -0.1) is 0 Å². The maximum Gasteiger partial charge on any atom is 0.323 e. The van der Waals surface area contributed by atoms with Gasteiger partial charge in [0.15, 0.2) is 0 Å². The zero-order valence-corrected chi connectivity index (χ0v) is 10.1. The van der Waals surface area contributed by atoms with E-state index in [1.54, 1.807) is 12.1 Å². The number of rotatable bonds is 5. The highest BCUT2D eigenvalue weighted by Crippen LogP contribution is 2.10. The molecule has 94 valence electrons. The highest BCUT2D eigenvalue weighted by Gasteiger charge is 2.23. The van der Waals surface area contributed by atoms with Crippen molar-refractivity contribution < 1.29 is 18.3 Å². The summed E-state index contributed by atoms with van der Waals surface area (Å²) >= 11 is 0. The van der Waals surface area contributed by atoms with Gasteiger partial charge in [-0.1, -0.05) is 17.7 Å². The van der Waals surface area contributed by atoms with E-state index < -0.39 is 22.0 Å². The van der Waals surface area contributed by atoms with Crippen LogP contribution in [0.15, 0.2) is 29.2 Å². The Kier molecular flexibility index (Phi) is 4.22. The van der Waals surface area contributed by atoms with Crippen LogP contribution in [0.5, 0.6) is 0 Å². The third-order valence-corrected chi connectivity index (χ3v) is 3.65. The van der Waals surface area contributed by atoms with Gasteiger partial charge in [-0.2, -0.15) is 4.72 Å². The summed E-state index contributed by atoms with van der Waals surface area (Å²) in [6, 6.07) is 4.76. The van der Waals surface area contributed by atoms with Gasteiger partial charge in [0.2, 0.25) is 10.0 Å². The van der Waals surface area contributed by atoms with Crippen molar-refractivity contribution in [1.82, 2.24) is 4.72 Å². The summed E-state index contributed by atoms with van der Waals surface area (Å²) in [4.78, 5) is 10.7. The molecule has 7 heteroatoms. The Morgan fingerprint density at radius 2 is 1.94 bits per heavy atom. The van der Waals surface area contributed by atoms with Crippen LogP contribution in [0.25, 0.3) is 0 Å². The number of hydrogen-bond acceptors (Lipinski definition) is 4.